The van der Waals surface area contributed by atoms with Gasteiger partial charge in [-0.3, -0.25) is 9.59 Å². The molecule has 0 bridgehead atoms. The van der Waals surface area contributed by atoms with Crippen LogP contribution in [0.2, 0.25) is 0 Å². The highest BCUT2D eigenvalue weighted by Gasteiger charge is 2.47. The molecule has 1 aromatic rings. The van der Waals surface area contributed by atoms with Crippen molar-refractivity contribution in [3.05, 3.63) is 35.9 Å². The Morgan fingerprint density at radius 2 is 1.81 bits per heavy atom. The SMILES string of the molecule is CC(=O)N1CCN(S(=O)(=O)Cc2ccccc2)C[C@@]2(CC(=O)N(C)C2)C1. The lowest BCUT2D eigenvalue weighted by molar-refractivity contribution is -0.130. The number of sulfonamides is 1. The lowest BCUT2D eigenvalue weighted by Crippen LogP contribution is -2.45. The van der Waals surface area contributed by atoms with Gasteiger partial charge in [0, 0.05) is 58.5 Å². The Bertz CT molecular complexity index is 796. The monoisotopic (exact) mass is 379 g/mol. The molecular weight excluding hydrogens is 354 g/mol. The number of amides is 2. The fourth-order valence-corrected chi connectivity index (χ4v) is 5.54. The third kappa shape index (κ3) is 3.91. The van der Waals surface area contributed by atoms with Gasteiger partial charge in [-0.2, -0.15) is 4.31 Å². The van der Waals surface area contributed by atoms with E-state index in [1.165, 1.54) is 11.2 Å². The van der Waals surface area contributed by atoms with E-state index in [-0.39, 0.29) is 37.1 Å². The molecule has 0 radical (unpaired) electrons. The van der Waals surface area contributed by atoms with Crippen LogP contribution < -0.4 is 0 Å². The summed E-state index contributed by atoms with van der Waals surface area (Å²) in [7, 11) is -1.82. The molecule has 2 amide bonds. The van der Waals surface area contributed by atoms with Crippen molar-refractivity contribution in [1.82, 2.24) is 14.1 Å². The van der Waals surface area contributed by atoms with Gasteiger partial charge in [0.15, 0.2) is 0 Å². The Labute approximate surface area is 154 Å². The van der Waals surface area contributed by atoms with Gasteiger partial charge in [0.2, 0.25) is 21.8 Å². The van der Waals surface area contributed by atoms with E-state index in [1.54, 1.807) is 29.0 Å². The van der Waals surface area contributed by atoms with Crippen molar-refractivity contribution in [1.29, 1.82) is 0 Å². The normalized spacial score (nSPS) is 24.9. The number of carbonyl (C=O) groups is 2. The molecule has 2 aliphatic rings. The van der Waals surface area contributed by atoms with Crippen LogP contribution in [0.3, 0.4) is 0 Å². The minimum atomic E-state index is -3.54. The minimum Gasteiger partial charge on any atom is -0.345 e. The second-order valence-corrected chi connectivity index (χ2v) is 9.41. The molecule has 0 aliphatic carbocycles. The molecule has 2 heterocycles. The second-order valence-electron chi connectivity index (χ2n) is 7.44. The van der Waals surface area contributed by atoms with E-state index in [0.29, 0.717) is 19.6 Å². The van der Waals surface area contributed by atoms with Crippen LogP contribution in [-0.2, 0) is 25.4 Å². The molecule has 142 valence electrons. The topological polar surface area (TPSA) is 78.0 Å². The van der Waals surface area contributed by atoms with E-state index >= 15 is 0 Å². The fraction of sp³-hybridized carbons (Fsp3) is 0.556. The van der Waals surface area contributed by atoms with Crippen molar-refractivity contribution in [2.75, 3.05) is 39.8 Å². The number of likely N-dealkylation sites (tertiary alicyclic amines) is 1. The van der Waals surface area contributed by atoms with Crippen LogP contribution in [-0.4, -0.2) is 74.1 Å². The predicted molar refractivity (Wildman–Crippen MR) is 97.6 cm³/mol. The van der Waals surface area contributed by atoms with E-state index in [9.17, 15) is 18.0 Å². The predicted octanol–water partition coefficient (Wildman–Crippen LogP) is 0.529. The van der Waals surface area contributed by atoms with Gasteiger partial charge in [-0.1, -0.05) is 30.3 Å². The summed E-state index contributed by atoms with van der Waals surface area (Å²) in [6, 6.07) is 9.06. The summed E-state index contributed by atoms with van der Waals surface area (Å²) in [6.45, 7) is 3.24. The molecule has 1 atom stereocenters. The minimum absolute atomic E-state index is 0.00388. The first-order chi connectivity index (χ1) is 12.2. The van der Waals surface area contributed by atoms with Gasteiger partial charge in [0.05, 0.1) is 5.75 Å². The van der Waals surface area contributed by atoms with Crippen molar-refractivity contribution in [2.45, 2.75) is 19.1 Å². The Kier molecular flexibility index (Phi) is 5.07. The van der Waals surface area contributed by atoms with E-state index in [4.69, 9.17) is 0 Å². The van der Waals surface area contributed by atoms with Gasteiger partial charge >= 0.3 is 0 Å². The van der Waals surface area contributed by atoms with E-state index < -0.39 is 15.4 Å². The van der Waals surface area contributed by atoms with Crippen LogP contribution in [0, 0.1) is 5.41 Å². The van der Waals surface area contributed by atoms with Crippen LogP contribution in [0.5, 0.6) is 0 Å². The van der Waals surface area contributed by atoms with Crippen molar-refractivity contribution in [3.63, 3.8) is 0 Å². The number of benzene rings is 1. The number of rotatable bonds is 3. The summed E-state index contributed by atoms with van der Waals surface area (Å²) in [5.41, 5.74) is 0.187. The smallest absolute Gasteiger partial charge is 0.223 e. The first kappa shape index (κ1) is 18.8. The zero-order valence-corrected chi connectivity index (χ0v) is 16.0. The molecule has 0 unspecified atom stereocenters. The Morgan fingerprint density at radius 1 is 1.12 bits per heavy atom. The lowest BCUT2D eigenvalue weighted by atomic mass is 9.86. The van der Waals surface area contributed by atoms with Gasteiger partial charge in [0.1, 0.15) is 0 Å². The molecule has 1 aromatic carbocycles. The Hall–Kier alpha value is -1.93. The van der Waals surface area contributed by atoms with Crippen LogP contribution in [0.1, 0.15) is 18.9 Å². The fourth-order valence-electron chi connectivity index (χ4n) is 3.92. The maximum Gasteiger partial charge on any atom is 0.223 e. The van der Waals surface area contributed by atoms with Crippen molar-refractivity contribution >= 4 is 21.8 Å². The summed E-state index contributed by atoms with van der Waals surface area (Å²) in [5.74, 6) is -0.169. The quantitative estimate of drug-likeness (QED) is 0.768. The van der Waals surface area contributed by atoms with E-state index in [1.807, 2.05) is 18.2 Å². The summed E-state index contributed by atoms with van der Waals surface area (Å²) in [6.07, 6.45) is 0.268. The Morgan fingerprint density at radius 3 is 2.38 bits per heavy atom. The van der Waals surface area contributed by atoms with Crippen LogP contribution in [0.4, 0.5) is 0 Å². The zero-order chi connectivity index (χ0) is 18.9. The molecule has 3 rings (SSSR count). The number of hydrogen-bond acceptors (Lipinski definition) is 4. The van der Waals surface area contributed by atoms with Gasteiger partial charge in [-0.05, 0) is 5.56 Å². The number of nitrogens with zero attached hydrogens (tertiary/aromatic N) is 3. The molecule has 7 nitrogen and oxygen atoms in total. The first-order valence-electron chi connectivity index (χ1n) is 8.72. The highest BCUT2D eigenvalue weighted by atomic mass is 32.2. The highest BCUT2D eigenvalue weighted by molar-refractivity contribution is 7.88. The van der Waals surface area contributed by atoms with E-state index in [2.05, 4.69) is 0 Å². The lowest BCUT2D eigenvalue weighted by Gasteiger charge is -2.32. The standard InChI is InChI=1S/C18H25N3O4S/c1-15(22)20-8-9-21(14-18(13-20)10-17(23)19(2)12-18)26(24,25)11-16-6-4-3-5-7-16/h3-7H,8-14H2,1-2H3/t18-/m1/s1. The summed E-state index contributed by atoms with van der Waals surface area (Å²) in [5, 5.41) is 0. The Balaban J connectivity index is 1.87. The van der Waals surface area contributed by atoms with E-state index in [0.717, 1.165) is 5.56 Å². The first-order valence-corrected chi connectivity index (χ1v) is 10.3. The third-order valence-electron chi connectivity index (χ3n) is 5.21. The van der Waals surface area contributed by atoms with Crippen molar-refractivity contribution in [2.24, 2.45) is 5.41 Å². The third-order valence-corrected chi connectivity index (χ3v) is 7.01. The highest BCUT2D eigenvalue weighted by Crippen LogP contribution is 2.35. The summed E-state index contributed by atoms with van der Waals surface area (Å²) >= 11 is 0. The average Bonchev–Trinajstić information content (AvgIpc) is 2.73. The molecule has 0 N–H and O–H groups in total. The number of hydrogen-bond donors (Lipinski definition) is 0. The van der Waals surface area contributed by atoms with Crippen LogP contribution in [0.15, 0.2) is 30.3 Å². The maximum atomic E-state index is 13.0. The molecule has 1 spiro atoms. The maximum absolute atomic E-state index is 13.0. The second kappa shape index (κ2) is 7.00. The molecule has 8 heteroatoms. The van der Waals surface area contributed by atoms with Crippen LogP contribution >= 0.6 is 0 Å². The zero-order valence-electron chi connectivity index (χ0n) is 15.2. The largest absolute Gasteiger partial charge is 0.345 e. The van der Waals surface area contributed by atoms with Gasteiger partial charge in [0.25, 0.3) is 0 Å². The molecule has 2 fully saturated rings. The van der Waals surface area contributed by atoms with Crippen molar-refractivity contribution < 1.29 is 18.0 Å². The molecule has 0 saturated carbocycles. The molecule has 0 aromatic heterocycles. The van der Waals surface area contributed by atoms with Gasteiger partial charge in [-0.15, -0.1) is 0 Å². The molecule has 2 saturated heterocycles. The van der Waals surface area contributed by atoms with Crippen LogP contribution in [0.25, 0.3) is 0 Å². The van der Waals surface area contributed by atoms with Gasteiger partial charge in [-0.25, -0.2) is 8.42 Å². The average molecular weight is 379 g/mol. The summed E-state index contributed by atoms with van der Waals surface area (Å²) < 4.78 is 27.5. The van der Waals surface area contributed by atoms with Crippen molar-refractivity contribution in [3.8, 4) is 0 Å². The molecule has 26 heavy (non-hydrogen) atoms. The molecule has 2 aliphatic heterocycles. The summed E-state index contributed by atoms with van der Waals surface area (Å²) in [4.78, 5) is 27.4. The number of carbonyl (C=O) groups excluding carboxylic acids is 2. The van der Waals surface area contributed by atoms with Gasteiger partial charge < -0.3 is 9.80 Å². The molecular formula is C18H25N3O4S.